The monoisotopic (exact) mass is 218 g/mol. The van der Waals surface area contributed by atoms with Crippen LogP contribution in [0.25, 0.3) is 0 Å². The molecule has 2 rings (SSSR count). The van der Waals surface area contributed by atoms with Crippen LogP contribution in [-0.2, 0) is 4.79 Å². The molecule has 2 heterocycles. The Kier molecular flexibility index (Phi) is 3.26. The van der Waals surface area contributed by atoms with Gasteiger partial charge in [0.25, 0.3) is 5.91 Å². The molecule has 2 N–H and O–H groups in total. The van der Waals surface area contributed by atoms with E-state index >= 15 is 0 Å². The number of rotatable bonds is 4. The third-order valence-electron chi connectivity index (χ3n) is 2.37. The second-order valence-electron chi connectivity index (χ2n) is 3.63. The smallest absolute Gasteiger partial charge is 0.254 e. The molecule has 0 unspecified atom stereocenters. The summed E-state index contributed by atoms with van der Waals surface area (Å²) in [6, 6.07) is 5.42. The van der Waals surface area contributed by atoms with Crippen LogP contribution in [-0.4, -0.2) is 23.1 Å². The van der Waals surface area contributed by atoms with Gasteiger partial charge in [0.05, 0.1) is 6.42 Å². The Morgan fingerprint density at radius 1 is 1.44 bits per heavy atom. The zero-order valence-corrected chi connectivity index (χ0v) is 8.97. The number of carbonyl (C=O) groups is 1. The quantitative estimate of drug-likeness (QED) is 0.816. The second-order valence-corrected chi connectivity index (χ2v) is 3.63. The molecule has 0 saturated carbocycles. The van der Waals surface area contributed by atoms with Gasteiger partial charge in [-0.25, -0.2) is 4.98 Å². The molecule has 0 saturated heterocycles. The van der Waals surface area contributed by atoms with Crippen molar-refractivity contribution in [1.29, 1.82) is 0 Å². The van der Waals surface area contributed by atoms with Crippen molar-refractivity contribution >= 4 is 17.4 Å². The first-order chi connectivity index (χ1) is 7.81. The lowest BCUT2D eigenvalue weighted by Gasteiger charge is -2.08. The Morgan fingerprint density at radius 2 is 2.31 bits per heavy atom. The minimum atomic E-state index is -0.0225. The van der Waals surface area contributed by atoms with Crippen molar-refractivity contribution in [2.24, 2.45) is 10.8 Å². The number of nitrogens with two attached hydrogens (primary N) is 1. The second kappa shape index (κ2) is 4.85. The molecule has 0 atom stereocenters. The minimum absolute atomic E-state index is 0.0225. The van der Waals surface area contributed by atoms with E-state index in [4.69, 9.17) is 5.73 Å². The van der Waals surface area contributed by atoms with Crippen LogP contribution < -0.4 is 10.7 Å². The molecule has 1 aliphatic heterocycles. The maximum atomic E-state index is 11.7. The standard InChI is InChI=1S/C11H14N4O/c12-6-3-4-9-8-11(16)15(14-9)10-5-1-2-7-13-10/h1-2,5,7H,3-4,6,8,12H2. The molecule has 1 aromatic heterocycles. The van der Waals surface area contributed by atoms with Gasteiger partial charge in [-0.1, -0.05) is 6.07 Å². The summed E-state index contributed by atoms with van der Waals surface area (Å²) in [7, 11) is 0. The van der Waals surface area contributed by atoms with Crippen LogP contribution in [0.4, 0.5) is 5.82 Å². The van der Waals surface area contributed by atoms with Gasteiger partial charge in [-0.05, 0) is 31.5 Å². The van der Waals surface area contributed by atoms with Gasteiger partial charge >= 0.3 is 0 Å². The molecule has 0 bridgehead atoms. The van der Waals surface area contributed by atoms with Crippen molar-refractivity contribution in [3.8, 4) is 0 Å². The van der Waals surface area contributed by atoms with Crippen molar-refractivity contribution in [3.05, 3.63) is 24.4 Å². The largest absolute Gasteiger partial charge is 0.330 e. The molecule has 1 aromatic rings. The van der Waals surface area contributed by atoms with Gasteiger partial charge in [-0.15, -0.1) is 0 Å². The predicted octanol–water partition coefficient (Wildman–Crippen LogP) is 0.913. The highest BCUT2D eigenvalue weighted by atomic mass is 16.2. The van der Waals surface area contributed by atoms with E-state index in [1.165, 1.54) is 5.01 Å². The average molecular weight is 218 g/mol. The molecular weight excluding hydrogens is 204 g/mol. The Balaban J connectivity index is 2.11. The molecule has 84 valence electrons. The molecule has 1 aliphatic rings. The van der Waals surface area contributed by atoms with E-state index in [1.54, 1.807) is 12.3 Å². The van der Waals surface area contributed by atoms with E-state index in [-0.39, 0.29) is 5.91 Å². The Morgan fingerprint density at radius 3 is 3.00 bits per heavy atom. The summed E-state index contributed by atoms with van der Waals surface area (Å²) in [5.41, 5.74) is 6.31. The summed E-state index contributed by atoms with van der Waals surface area (Å²) in [6.45, 7) is 0.622. The normalized spacial score (nSPS) is 15.4. The van der Waals surface area contributed by atoms with Gasteiger partial charge in [0.15, 0.2) is 5.82 Å². The summed E-state index contributed by atoms with van der Waals surface area (Å²) in [5, 5.41) is 5.63. The summed E-state index contributed by atoms with van der Waals surface area (Å²) >= 11 is 0. The van der Waals surface area contributed by atoms with Crippen LogP contribution in [0.3, 0.4) is 0 Å². The van der Waals surface area contributed by atoms with Gasteiger partial charge < -0.3 is 5.73 Å². The third-order valence-corrected chi connectivity index (χ3v) is 2.37. The predicted molar refractivity (Wildman–Crippen MR) is 62.1 cm³/mol. The molecule has 0 radical (unpaired) electrons. The number of amides is 1. The van der Waals surface area contributed by atoms with Crippen molar-refractivity contribution < 1.29 is 4.79 Å². The molecule has 0 spiro atoms. The zero-order valence-electron chi connectivity index (χ0n) is 8.97. The molecule has 1 amide bonds. The topological polar surface area (TPSA) is 71.6 Å². The van der Waals surface area contributed by atoms with Crippen molar-refractivity contribution in [1.82, 2.24) is 4.98 Å². The Bertz CT molecular complexity index is 402. The molecule has 0 aliphatic carbocycles. The van der Waals surface area contributed by atoms with Crippen molar-refractivity contribution in [2.75, 3.05) is 11.6 Å². The van der Waals surface area contributed by atoms with Crippen LogP contribution in [0.1, 0.15) is 19.3 Å². The van der Waals surface area contributed by atoms with E-state index in [9.17, 15) is 4.79 Å². The fourth-order valence-corrected chi connectivity index (χ4v) is 1.58. The lowest BCUT2D eigenvalue weighted by Crippen LogP contribution is -2.20. The number of nitrogens with zero attached hydrogens (tertiary/aromatic N) is 3. The van der Waals surface area contributed by atoms with Crippen LogP contribution >= 0.6 is 0 Å². The molecule has 5 nitrogen and oxygen atoms in total. The number of hydrazone groups is 1. The summed E-state index contributed by atoms with van der Waals surface area (Å²) in [5.74, 6) is 0.556. The van der Waals surface area contributed by atoms with E-state index in [0.29, 0.717) is 18.8 Å². The Labute approximate surface area is 94.0 Å². The highest BCUT2D eigenvalue weighted by molar-refractivity contribution is 6.12. The zero-order chi connectivity index (χ0) is 11.4. The van der Waals surface area contributed by atoms with Gasteiger partial charge in [-0.2, -0.15) is 10.1 Å². The fraction of sp³-hybridized carbons (Fsp3) is 0.364. The summed E-state index contributed by atoms with van der Waals surface area (Å²) in [6.07, 6.45) is 3.68. The van der Waals surface area contributed by atoms with Gasteiger partial charge in [0.1, 0.15) is 0 Å². The maximum absolute atomic E-state index is 11.7. The molecule has 5 heteroatoms. The van der Waals surface area contributed by atoms with Crippen LogP contribution in [0.2, 0.25) is 0 Å². The number of carbonyl (C=O) groups excluding carboxylic acids is 1. The highest BCUT2D eigenvalue weighted by Crippen LogP contribution is 2.18. The van der Waals surface area contributed by atoms with Crippen LogP contribution in [0, 0.1) is 0 Å². The first-order valence-electron chi connectivity index (χ1n) is 5.31. The first kappa shape index (κ1) is 10.8. The van der Waals surface area contributed by atoms with E-state index < -0.39 is 0 Å². The molecule has 0 fully saturated rings. The summed E-state index contributed by atoms with van der Waals surface area (Å²) in [4.78, 5) is 15.8. The van der Waals surface area contributed by atoms with E-state index in [0.717, 1.165) is 18.6 Å². The number of pyridine rings is 1. The number of anilines is 1. The maximum Gasteiger partial charge on any atom is 0.254 e. The van der Waals surface area contributed by atoms with Gasteiger partial charge in [-0.3, -0.25) is 4.79 Å². The van der Waals surface area contributed by atoms with Crippen molar-refractivity contribution in [3.63, 3.8) is 0 Å². The van der Waals surface area contributed by atoms with Crippen molar-refractivity contribution in [2.45, 2.75) is 19.3 Å². The summed E-state index contributed by atoms with van der Waals surface area (Å²) < 4.78 is 0. The van der Waals surface area contributed by atoms with Crippen LogP contribution in [0.15, 0.2) is 29.5 Å². The number of aromatic nitrogens is 1. The molecule has 0 aromatic carbocycles. The average Bonchev–Trinajstić information content (AvgIpc) is 2.69. The van der Waals surface area contributed by atoms with Crippen LogP contribution in [0.5, 0.6) is 0 Å². The molecule has 16 heavy (non-hydrogen) atoms. The van der Waals surface area contributed by atoms with Gasteiger partial charge in [0, 0.05) is 11.9 Å². The number of hydrogen-bond donors (Lipinski definition) is 1. The van der Waals surface area contributed by atoms with E-state index in [2.05, 4.69) is 10.1 Å². The fourth-order valence-electron chi connectivity index (χ4n) is 1.58. The highest BCUT2D eigenvalue weighted by Gasteiger charge is 2.25. The molecular formula is C11H14N4O. The lowest BCUT2D eigenvalue weighted by atomic mass is 10.1. The van der Waals surface area contributed by atoms with E-state index in [1.807, 2.05) is 12.1 Å². The Hall–Kier alpha value is -1.75. The van der Waals surface area contributed by atoms with Gasteiger partial charge in [0.2, 0.25) is 0 Å². The SMILES string of the molecule is NCCCC1=NN(c2ccccn2)C(=O)C1. The third kappa shape index (κ3) is 2.25. The minimum Gasteiger partial charge on any atom is -0.330 e. The lowest BCUT2D eigenvalue weighted by molar-refractivity contribution is -0.116. The number of hydrogen-bond acceptors (Lipinski definition) is 4. The first-order valence-corrected chi connectivity index (χ1v) is 5.31.